The summed E-state index contributed by atoms with van der Waals surface area (Å²) in [6.45, 7) is 9.23. The van der Waals surface area contributed by atoms with Crippen molar-refractivity contribution in [3.8, 4) is 0 Å². The van der Waals surface area contributed by atoms with E-state index in [2.05, 4.69) is 33.8 Å². The SMILES string of the molecule is CCCC(=C1CCC=C(C)C1)C(C)C. The molecule has 0 saturated carbocycles. The molecule has 1 rings (SSSR count). The summed E-state index contributed by atoms with van der Waals surface area (Å²) >= 11 is 0. The van der Waals surface area contributed by atoms with E-state index in [0.29, 0.717) is 0 Å². The van der Waals surface area contributed by atoms with Crippen molar-refractivity contribution < 1.29 is 0 Å². The van der Waals surface area contributed by atoms with Gasteiger partial charge in [0.05, 0.1) is 0 Å². The number of hydrogen-bond donors (Lipinski definition) is 0. The van der Waals surface area contributed by atoms with Crippen LogP contribution in [-0.4, -0.2) is 0 Å². The van der Waals surface area contributed by atoms with E-state index >= 15 is 0 Å². The Balaban J connectivity index is 2.82. The summed E-state index contributed by atoms with van der Waals surface area (Å²) in [7, 11) is 0. The Labute approximate surface area is 89.1 Å². The molecular weight excluding hydrogens is 168 g/mol. The lowest BCUT2D eigenvalue weighted by Crippen LogP contribution is -2.03. The first kappa shape index (κ1) is 11.6. The molecule has 0 nitrogen and oxygen atoms in total. The Morgan fingerprint density at radius 3 is 2.64 bits per heavy atom. The molecule has 0 unspecified atom stereocenters. The average molecular weight is 192 g/mol. The van der Waals surface area contributed by atoms with Crippen molar-refractivity contribution in [3.05, 3.63) is 22.8 Å². The highest BCUT2D eigenvalue weighted by atomic mass is 14.2. The number of allylic oxidation sites excluding steroid dienone is 4. The fourth-order valence-corrected chi connectivity index (χ4v) is 2.41. The third-order valence-corrected chi connectivity index (χ3v) is 3.10. The third-order valence-electron chi connectivity index (χ3n) is 3.10. The highest BCUT2D eigenvalue weighted by Gasteiger charge is 2.12. The summed E-state index contributed by atoms with van der Waals surface area (Å²) in [5.41, 5.74) is 5.04. The number of hydrogen-bond acceptors (Lipinski definition) is 0. The zero-order valence-corrected chi connectivity index (χ0v) is 10.2. The van der Waals surface area contributed by atoms with E-state index in [4.69, 9.17) is 0 Å². The van der Waals surface area contributed by atoms with Gasteiger partial charge < -0.3 is 0 Å². The molecule has 1 aliphatic carbocycles. The predicted octanol–water partition coefficient (Wildman–Crippen LogP) is 4.87. The molecule has 0 aliphatic heterocycles. The Morgan fingerprint density at radius 2 is 2.14 bits per heavy atom. The fourth-order valence-electron chi connectivity index (χ4n) is 2.41. The highest BCUT2D eigenvalue weighted by molar-refractivity contribution is 5.25. The van der Waals surface area contributed by atoms with Gasteiger partial charge in [-0.25, -0.2) is 0 Å². The third kappa shape index (κ3) is 3.01. The lowest BCUT2D eigenvalue weighted by Gasteiger charge is -2.21. The molecule has 0 fully saturated rings. The molecule has 0 heteroatoms. The Bertz CT molecular complexity index is 241. The zero-order valence-electron chi connectivity index (χ0n) is 10.2. The maximum absolute atomic E-state index is 2.40. The van der Waals surface area contributed by atoms with Crippen LogP contribution >= 0.6 is 0 Å². The van der Waals surface area contributed by atoms with Crippen molar-refractivity contribution in [1.29, 1.82) is 0 Å². The standard InChI is InChI=1S/C14H24/c1-5-7-14(11(2)3)13-9-6-8-12(4)10-13/h8,11H,5-7,9-10H2,1-4H3. The predicted molar refractivity (Wildman–Crippen MR) is 64.4 cm³/mol. The monoisotopic (exact) mass is 192 g/mol. The fraction of sp³-hybridized carbons (Fsp3) is 0.714. The summed E-state index contributed by atoms with van der Waals surface area (Å²) in [6, 6.07) is 0. The average Bonchev–Trinajstić information content (AvgIpc) is 2.13. The molecule has 0 saturated heterocycles. The lowest BCUT2D eigenvalue weighted by molar-refractivity contribution is 0.666. The second kappa shape index (κ2) is 5.38. The molecule has 0 aromatic carbocycles. The first-order chi connectivity index (χ1) is 6.65. The molecule has 14 heavy (non-hydrogen) atoms. The minimum Gasteiger partial charge on any atom is -0.0850 e. The van der Waals surface area contributed by atoms with E-state index in [9.17, 15) is 0 Å². The van der Waals surface area contributed by atoms with Gasteiger partial charge >= 0.3 is 0 Å². The molecule has 0 bridgehead atoms. The maximum atomic E-state index is 2.40. The largest absolute Gasteiger partial charge is 0.0850 e. The van der Waals surface area contributed by atoms with Gasteiger partial charge in [-0.1, -0.05) is 50.0 Å². The van der Waals surface area contributed by atoms with Gasteiger partial charge in [-0.3, -0.25) is 0 Å². The van der Waals surface area contributed by atoms with Crippen LogP contribution in [0.3, 0.4) is 0 Å². The lowest BCUT2D eigenvalue weighted by atomic mass is 9.85. The van der Waals surface area contributed by atoms with E-state index in [-0.39, 0.29) is 0 Å². The molecule has 0 radical (unpaired) electrons. The summed E-state index contributed by atoms with van der Waals surface area (Å²) in [5.74, 6) is 0.746. The second-order valence-electron chi connectivity index (χ2n) is 4.80. The van der Waals surface area contributed by atoms with E-state index in [1.54, 1.807) is 16.7 Å². The van der Waals surface area contributed by atoms with Gasteiger partial charge in [0.15, 0.2) is 0 Å². The summed E-state index contributed by atoms with van der Waals surface area (Å²) in [5, 5.41) is 0. The molecule has 1 aliphatic rings. The van der Waals surface area contributed by atoms with E-state index in [1.165, 1.54) is 32.1 Å². The molecule has 0 amide bonds. The van der Waals surface area contributed by atoms with Gasteiger partial charge in [0, 0.05) is 0 Å². The molecule has 0 N–H and O–H groups in total. The van der Waals surface area contributed by atoms with Gasteiger partial charge in [0.2, 0.25) is 0 Å². The smallest absolute Gasteiger partial charge is 0.0108 e. The zero-order chi connectivity index (χ0) is 10.6. The topological polar surface area (TPSA) is 0 Å². The van der Waals surface area contributed by atoms with Crippen molar-refractivity contribution in [2.75, 3.05) is 0 Å². The Morgan fingerprint density at radius 1 is 1.43 bits per heavy atom. The maximum Gasteiger partial charge on any atom is -0.0108 e. The van der Waals surface area contributed by atoms with Gasteiger partial charge in [-0.15, -0.1) is 0 Å². The van der Waals surface area contributed by atoms with Crippen LogP contribution in [0.25, 0.3) is 0 Å². The normalized spacial score (nSPS) is 21.1. The minimum absolute atomic E-state index is 0.746. The summed E-state index contributed by atoms with van der Waals surface area (Å²) < 4.78 is 0. The van der Waals surface area contributed by atoms with Crippen molar-refractivity contribution in [2.24, 2.45) is 5.92 Å². The van der Waals surface area contributed by atoms with E-state index < -0.39 is 0 Å². The van der Waals surface area contributed by atoms with Crippen LogP contribution in [0.5, 0.6) is 0 Å². The first-order valence-corrected chi connectivity index (χ1v) is 6.01. The Kier molecular flexibility index (Phi) is 4.44. The quantitative estimate of drug-likeness (QED) is 0.560. The van der Waals surface area contributed by atoms with Crippen LogP contribution in [0.1, 0.15) is 59.8 Å². The highest BCUT2D eigenvalue weighted by Crippen LogP contribution is 2.31. The molecule has 0 aromatic rings. The van der Waals surface area contributed by atoms with Crippen LogP contribution in [0.4, 0.5) is 0 Å². The number of rotatable bonds is 3. The molecule has 0 atom stereocenters. The van der Waals surface area contributed by atoms with Crippen LogP contribution in [0.15, 0.2) is 22.8 Å². The van der Waals surface area contributed by atoms with Gasteiger partial charge in [-0.2, -0.15) is 0 Å². The van der Waals surface area contributed by atoms with E-state index in [1.807, 2.05) is 0 Å². The first-order valence-electron chi connectivity index (χ1n) is 6.01. The van der Waals surface area contributed by atoms with Crippen LogP contribution in [-0.2, 0) is 0 Å². The van der Waals surface area contributed by atoms with Crippen LogP contribution in [0, 0.1) is 5.92 Å². The van der Waals surface area contributed by atoms with Crippen molar-refractivity contribution >= 4 is 0 Å². The van der Waals surface area contributed by atoms with Crippen molar-refractivity contribution in [2.45, 2.75) is 59.8 Å². The van der Waals surface area contributed by atoms with Gasteiger partial charge in [-0.05, 0) is 38.5 Å². The minimum atomic E-state index is 0.746. The Hall–Kier alpha value is -0.520. The molecule has 0 spiro atoms. The molecule has 0 aromatic heterocycles. The summed E-state index contributed by atoms with van der Waals surface area (Å²) in [4.78, 5) is 0. The van der Waals surface area contributed by atoms with Gasteiger partial charge in [0.25, 0.3) is 0 Å². The molecular formula is C14H24. The molecule has 80 valence electrons. The van der Waals surface area contributed by atoms with E-state index in [0.717, 1.165) is 5.92 Å². The van der Waals surface area contributed by atoms with Gasteiger partial charge in [0.1, 0.15) is 0 Å². The van der Waals surface area contributed by atoms with Crippen LogP contribution < -0.4 is 0 Å². The van der Waals surface area contributed by atoms with Crippen molar-refractivity contribution in [1.82, 2.24) is 0 Å². The van der Waals surface area contributed by atoms with Crippen LogP contribution in [0.2, 0.25) is 0 Å². The van der Waals surface area contributed by atoms with Crippen molar-refractivity contribution in [3.63, 3.8) is 0 Å². The summed E-state index contributed by atoms with van der Waals surface area (Å²) in [6.07, 6.45) is 8.81. The molecule has 0 heterocycles. The second-order valence-corrected chi connectivity index (χ2v) is 4.80.